The lowest BCUT2D eigenvalue weighted by Crippen LogP contribution is -2.26. The van der Waals surface area contributed by atoms with Gasteiger partial charge in [-0.25, -0.2) is 9.48 Å². The number of anilines is 1. The molecule has 4 rings (SSSR count). The van der Waals surface area contributed by atoms with Gasteiger partial charge in [-0.15, -0.1) is 5.10 Å². The molecule has 0 unspecified atom stereocenters. The highest BCUT2D eigenvalue weighted by atomic mass is 16.4. The van der Waals surface area contributed by atoms with E-state index in [1.54, 1.807) is 48.5 Å². The molecule has 1 amide bonds. The molecule has 0 aliphatic heterocycles. The Hall–Kier alpha value is -3.81. The summed E-state index contributed by atoms with van der Waals surface area (Å²) in [4.78, 5) is 35.8. The molecule has 0 spiro atoms. The number of nitrogens with one attached hydrogen (secondary N) is 1. The van der Waals surface area contributed by atoms with Crippen LogP contribution in [0.25, 0.3) is 21.9 Å². The maximum absolute atomic E-state index is 12.4. The lowest BCUT2D eigenvalue weighted by atomic mass is 10.2. The maximum atomic E-state index is 12.4. The summed E-state index contributed by atoms with van der Waals surface area (Å²) in [6.07, 6.45) is 0.0643. The Kier molecular flexibility index (Phi) is 4.21. The van der Waals surface area contributed by atoms with Crippen LogP contribution >= 0.6 is 0 Å². The Morgan fingerprint density at radius 2 is 1.93 bits per heavy atom. The fraction of sp³-hybridized carbons (Fsp3) is 0.105. The second-order valence-electron chi connectivity index (χ2n) is 5.94. The number of fused-ring (bicyclic) bond motifs is 2. The van der Waals surface area contributed by atoms with Gasteiger partial charge in [0.2, 0.25) is 5.91 Å². The predicted octanol–water partition coefficient (Wildman–Crippen LogP) is 1.93. The van der Waals surface area contributed by atoms with E-state index in [0.717, 1.165) is 0 Å². The number of aryl methyl sites for hydroxylation is 1. The van der Waals surface area contributed by atoms with E-state index in [9.17, 15) is 14.4 Å². The highest BCUT2D eigenvalue weighted by Gasteiger charge is 2.08. The van der Waals surface area contributed by atoms with Crippen LogP contribution in [0.3, 0.4) is 0 Å². The topological polar surface area (TPSA) is 107 Å². The molecule has 27 heavy (non-hydrogen) atoms. The molecule has 0 radical (unpaired) electrons. The van der Waals surface area contributed by atoms with Crippen LogP contribution in [-0.2, 0) is 11.3 Å². The van der Waals surface area contributed by atoms with Crippen molar-refractivity contribution in [1.29, 1.82) is 0 Å². The molecule has 1 N–H and O–H groups in total. The largest absolute Gasteiger partial charge is 0.423 e. The fourth-order valence-electron chi connectivity index (χ4n) is 2.75. The molecule has 134 valence electrons. The zero-order chi connectivity index (χ0) is 18.8. The highest BCUT2D eigenvalue weighted by molar-refractivity contribution is 5.93. The molecule has 2 heterocycles. The van der Waals surface area contributed by atoms with Crippen LogP contribution in [0.4, 0.5) is 5.69 Å². The van der Waals surface area contributed by atoms with Crippen molar-refractivity contribution in [2.45, 2.75) is 13.0 Å². The average Bonchev–Trinajstić information content (AvgIpc) is 2.68. The van der Waals surface area contributed by atoms with E-state index in [4.69, 9.17) is 4.42 Å². The number of aromatic nitrogens is 3. The summed E-state index contributed by atoms with van der Waals surface area (Å²) in [6.45, 7) is 0.116. The SMILES string of the molecule is O=C(CCn1nnc2ccccc2c1=O)Nc1ccc2oc(=O)ccc2c1. The molecule has 0 saturated heterocycles. The van der Waals surface area contributed by atoms with Gasteiger partial charge in [0.1, 0.15) is 11.1 Å². The smallest absolute Gasteiger partial charge is 0.336 e. The molecule has 0 fully saturated rings. The molecule has 8 heteroatoms. The van der Waals surface area contributed by atoms with Crippen molar-refractivity contribution in [2.75, 3.05) is 5.32 Å². The molecule has 0 bridgehead atoms. The van der Waals surface area contributed by atoms with Gasteiger partial charge in [0.05, 0.1) is 11.9 Å². The number of carbonyl (C=O) groups excluding carboxylic acids is 1. The minimum absolute atomic E-state index is 0.0643. The third-order valence-corrected chi connectivity index (χ3v) is 4.08. The van der Waals surface area contributed by atoms with E-state index >= 15 is 0 Å². The van der Waals surface area contributed by atoms with Gasteiger partial charge in [-0.05, 0) is 36.4 Å². The highest BCUT2D eigenvalue weighted by Crippen LogP contribution is 2.17. The first-order valence-electron chi connectivity index (χ1n) is 8.26. The first-order chi connectivity index (χ1) is 13.1. The summed E-state index contributed by atoms with van der Waals surface area (Å²) in [7, 11) is 0. The van der Waals surface area contributed by atoms with Gasteiger partial charge in [0.15, 0.2) is 0 Å². The molecule has 0 atom stereocenters. The molecule has 4 aromatic rings. The summed E-state index contributed by atoms with van der Waals surface area (Å²) in [5.74, 6) is -0.270. The van der Waals surface area contributed by atoms with Crippen LogP contribution in [0.1, 0.15) is 6.42 Å². The summed E-state index contributed by atoms with van der Waals surface area (Å²) >= 11 is 0. The third-order valence-electron chi connectivity index (χ3n) is 4.08. The standard InChI is InChI=1S/C19H14N4O4/c24-17(20-13-6-7-16-12(11-13)5-8-18(25)27-16)9-10-23-19(26)14-3-1-2-4-15(14)21-22-23/h1-8,11H,9-10H2,(H,20,24). The number of rotatable bonds is 4. The van der Waals surface area contributed by atoms with E-state index in [1.807, 2.05) is 0 Å². The molecule has 0 saturated carbocycles. The van der Waals surface area contributed by atoms with E-state index in [0.29, 0.717) is 27.6 Å². The van der Waals surface area contributed by atoms with E-state index < -0.39 is 5.63 Å². The Morgan fingerprint density at radius 3 is 2.81 bits per heavy atom. The van der Waals surface area contributed by atoms with Crippen molar-refractivity contribution in [3.63, 3.8) is 0 Å². The van der Waals surface area contributed by atoms with Crippen LogP contribution in [0.15, 0.2) is 68.6 Å². The number of nitrogens with zero attached hydrogens (tertiary/aromatic N) is 3. The first kappa shape index (κ1) is 16.6. The van der Waals surface area contributed by atoms with Gasteiger partial charge in [0.25, 0.3) is 5.56 Å². The number of carbonyl (C=O) groups is 1. The van der Waals surface area contributed by atoms with Gasteiger partial charge in [-0.1, -0.05) is 17.3 Å². The van der Waals surface area contributed by atoms with E-state index in [-0.39, 0.29) is 24.4 Å². The Labute approximate surface area is 152 Å². The Bertz CT molecular complexity index is 1280. The first-order valence-corrected chi connectivity index (χ1v) is 8.26. The normalized spacial score (nSPS) is 11.0. The minimum atomic E-state index is -0.429. The third kappa shape index (κ3) is 3.45. The Balaban J connectivity index is 1.47. The van der Waals surface area contributed by atoms with Gasteiger partial charge >= 0.3 is 5.63 Å². The lowest BCUT2D eigenvalue weighted by Gasteiger charge is -2.07. The van der Waals surface area contributed by atoms with Crippen molar-refractivity contribution < 1.29 is 9.21 Å². The Morgan fingerprint density at radius 1 is 1.07 bits per heavy atom. The van der Waals surface area contributed by atoms with Gasteiger partial charge in [-0.3, -0.25) is 9.59 Å². The molecular formula is C19H14N4O4. The van der Waals surface area contributed by atoms with Crippen LogP contribution in [0.2, 0.25) is 0 Å². The molecule has 8 nitrogen and oxygen atoms in total. The van der Waals surface area contributed by atoms with Gasteiger partial charge in [0, 0.05) is 23.6 Å². The zero-order valence-electron chi connectivity index (χ0n) is 14.1. The monoisotopic (exact) mass is 362 g/mol. The molecule has 2 aromatic carbocycles. The van der Waals surface area contributed by atoms with Gasteiger partial charge in [-0.2, -0.15) is 0 Å². The minimum Gasteiger partial charge on any atom is -0.423 e. The van der Waals surface area contributed by atoms with Crippen LogP contribution in [-0.4, -0.2) is 20.9 Å². The number of amides is 1. The van der Waals surface area contributed by atoms with Crippen molar-refractivity contribution in [2.24, 2.45) is 0 Å². The molecule has 2 aromatic heterocycles. The number of benzene rings is 2. The molecular weight excluding hydrogens is 348 g/mol. The summed E-state index contributed by atoms with van der Waals surface area (Å²) < 4.78 is 6.23. The summed E-state index contributed by atoms with van der Waals surface area (Å²) in [5.41, 5.74) is 0.818. The lowest BCUT2D eigenvalue weighted by molar-refractivity contribution is -0.116. The number of hydrogen-bond acceptors (Lipinski definition) is 6. The van der Waals surface area contributed by atoms with E-state index in [2.05, 4.69) is 15.6 Å². The summed E-state index contributed by atoms with van der Waals surface area (Å²) in [5, 5.41) is 11.8. The van der Waals surface area contributed by atoms with Crippen molar-refractivity contribution in [3.05, 3.63) is 75.4 Å². The van der Waals surface area contributed by atoms with Gasteiger partial charge < -0.3 is 9.73 Å². The van der Waals surface area contributed by atoms with Crippen molar-refractivity contribution >= 4 is 33.5 Å². The van der Waals surface area contributed by atoms with Crippen molar-refractivity contribution in [1.82, 2.24) is 15.0 Å². The predicted molar refractivity (Wildman–Crippen MR) is 99.5 cm³/mol. The van der Waals surface area contributed by atoms with Crippen LogP contribution < -0.4 is 16.5 Å². The molecule has 0 aliphatic carbocycles. The summed E-state index contributed by atoms with van der Waals surface area (Å²) in [6, 6.07) is 14.8. The van der Waals surface area contributed by atoms with Crippen molar-refractivity contribution in [3.8, 4) is 0 Å². The molecule has 0 aliphatic rings. The second-order valence-corrected chi connectivity index (χ2v) is 5.94. The zero-order valence-corrected chi connectivity index (χ0v) is 14.1. The average molecular weight is 362 g/mol. The van der Waals surface area contributed by atoms with Crippen LogP contribution in [0.5, 0.6) is 0 Å². The maximum Gasteiger partial charge on any atom is 0.336 e. The number of hydrogen-bond donors (Lipinski definition) is 1. The second kappa shape index (κ2) is 6.83. The quantitative estimate of drug-likeness (QED) is 0.556. The van der Waals surface area contributed by atoms with E-state index in [1.165, 1.54) is 10.7 Å². The fourth-order valence-corrected chi connectivity index (χ4v) is 2.75. The van der Waals surface area contributed by atoms with Crippen LogP contribution in [0, 0.1) is 0 Å².